The van der Waals surface area contributed by atoms with Gasteiger partial charge in [0.25, 0.3) is 5.95 Å². The van der Waals surface area contributed by atoms with E-state index in [1.54, 1.807) is 0 Å². The van der Waals surface area contributed by atoms with E-state index in [1.165, 1.54) is 16.7 Å². The van der Waals surface area contributed by atoms with Gasteiger partial charge >= 0.3 is 0 Å². The zero-order valence-electron chi connectivity index (χ0n) is 17.9. The van der Waals surface area contributed by atoms with Gasteiger partial charge < -0.3 is 9.47 Å². The van der Waals surface area contributed by atoms with Crippen LogP contribution in [0.4, 0.5) is 0 Å². The molecule has 2 rings (SSSR count). The van der Waals surface area contributed by atoms with Crippen molar-refractivity contribution < 1.29 is 9.47 Å². The van der Waals surface area contributed by atoms with E-state index in [0.717, 1.165) is 12.2 Å². The van der Waals surface area contributed by atoms with E-state index < -0.39 is 0 Å². The largest absolute Gasteiger partial charge is 0.463 e. The molecule has 0 N–H and O–H groups in total. The highest BCUT2D eigenvalue weighted by atomic mass is 16.7. The Morgan fingerprint density at radius 3 is 1.74 bits per heavy atom. The van der Waals surface area contributed by atoms with Crippen LogP contribution in [0.15, 0.2) is 61.1 Å². The van der Waals surface area contributed by atoms with E-state index in [2.05, 4.69) is 77.6 Å². The summed E-state index contributed by atoms with van der Waals surface area (Å²) in [4.78, 5) is 0. The predicted molar refractivity (Wildman–Crippen MR) is 114 cm³/mol. The van der Waals surface area contributed by atoms with Crippen LogP contribution in [0, 0.1) is 0 Å². The standard InChI is InChI=1S/C25H34O2/c1-9-24(5,6)20-10-12-21(13-11-20)25(7,8)22-14-16-23(17-15-22)27-19(4)26-18(2)3/h10-18H,4,9H2,1-3,5-8H3. The molecule has 0 saturated carbocycles. The summed E-state index contributed by atoms with van der Waals surface area (Å²) in [5, 5.41) is 0. The molecule has 0 amide bonds. The van der Waals surface area contributed by atoms with Crippen molar-refractivity contribution >= 4 is 0 Å². The molecule has 0 aromatic heterocycles. The van der Waals surface area contributed by atoms with Gasteiger partial charge in [-0.1, -0.05) is 71.0 Å². The lowest BCUT2D eigenvalue weighted by Crippen LogP contribution is -2.20. The smallest absolute Gasteiger partial charge is 0.277 e. The van der Waals surface area contributed by atoms with Crippen molar-refractivity contribution in [2.24, 2.45) is 0 Å². The zero-order valence-corrected chi connectivity index (χ0v) is 17.9. The van der Waals surface area contributed by atoms with Crippen LogP contribution in [0.5, 0.6) is 5.75 Å². The first-order valence-corrected chi connectivity index (χ1v) is 9.81. The minimum absolute atomic E-state index is 0.0522. The summed E-state index contributed by atoms with van der Waals surface area (Å²) >= 11 is 0. The monoisotopic (exact) mass is 366 g/mol. The normalized spacial score (nSPS) is 12.1. The fourth-order valence-electron chi connectivity index (χ4n) is 3.07. The fraction of sp³-hybridized carbons (Fsp3) is 0.440. The molecule has 0 spiro atoms. The SMILES string of the molecule is C=C(Oc1ccc(C(C)(C)c2ccc(C(C)(C)CC)cc2)cc1)OC(C)C. The van der Waals surface area contributed by atoms with Crippen molar-refractivity contribution in [1.82, 2.24) is 0 Å². The lowest BCUT2D eigenvalue weighted by molar-refractivity contribution is 0.0651. The lowest BCUT2D eigenvalue weighted by Gasteiger charge is -2.28. The topological polar surface area (TPSA) is 18.5 Å². The van der Waals surface area contributed by atoms with Gasteiger partial charge in [-0.25, -0.2) is 0 Å². The molecule has 2 heteroatoms. The fourth-order valence-corrected chi connectivity index (χ4v) is 3.07. The molecule has 0 atom stereocenters. The summed E-state index contributed by atoms with van der Waals surface area (Å²) in [7, 11) is 0. The van der Waals surface area contributed by atoms with E-state index in [4.69, 9.17) is 9.47 Å². The summed E-state index contributed by atoms with van der Waals surface area (Å²) < 4.78 is 11.1. The Bertz CT molecular complexity index is 750. The summed E-state index contributed by atoms with van der Waals surface area (Å²) in [6, 6.07) is 17.2. The average Bonchev–Trinajstić information content (AvgIpc) is 2.61. The van der Waals surface area contributed by atoms with Gasteiger partial charge in [0, 0.05) is 5.41 Å². The molecule has 2 aromatic carbocycles. The summed E-state index contributed by atoms with van der Waals surface area (Å²) in [6.45, 7) is 19.0. The molecule has 0 aliphatic heterocycles. The minimum Gasteiger partial charge on any atom is -0.463 e. The van der Waals surface area contributed by atoms with Crippen molar-refractivity contribution in [2.45, 2.75) is 71.8 Å². The van der Waals surface area contributed by atoms with Gasteiger partial charge in [-0.2, -0.15) is 0 Å². The first kappa shape index (κ1) is 21.1. The molecule has 2 aromatic rings. The minimum atomic E-state index is -0.0845. The van der Waals surface area contributed by atoms with Gasteiger partial charge in [0.15, 0.2) is 0 Å². The Hall–Kier alpha value is -2.22. The van der Waals surface area contributed by atoms with Crippen molar-refractivity contribution in [3.05, 3.63) is 77.7 Å². The second-order valence-corrected chi connectivity index (χ2v) is 8.60. The van der Waals surface area contributed by atoms with Crippen LogP contribution in [0.2, 0.25) is 0 Å². The van der Waals surface area contributed by atoms with Gasteiger partial charge in [0.05, 0.1) is 6.10 Å². The number of hydrogen-bond donors (Lipinski definition) is 0. The van der Waals surface area contributed by atoms with Gasteiger partial charge in [0.1, 0.15) is 5.75 Å². The van der Waals surface area contributed by atoms with Gasteiger partial charge in [0.2, 0.25) is 0 Å². The van der Waals surface area contributed by atoms with Gasteiger partial charge in [-0.3, -0.25) is 0 Å². The molecule has 27 heavy (non-hydrogen) atoms. The highest BCUT2D eigenvalue weighted by molar-refractivity contribution is 5.41. The number of benzene rings is 2. The first-order valence-electron chi connectivity index (χ1n) is 9.81. The van der Waals surface area contributed by atoms with Crippen LogP contribution >= 0.6 is 0 Å². The van der Waals surface area contributed by atoms with E-state index in [0.29, 0.717) is 5.95 Å². The maximum Gasteiger partial charge on any atom is 0.277 e. The van der Waals surface area contributed by atoms with Crippen LogP contribution in [0.25, 0.3) is 0 Å². The number of rotatable bonds is 8. The maximum atomic E-state index is 5.65. The van der Waals surface area contributed by atoms with Crippen LogP contribution in [0.3, 0.4) is 0 Å². The average molecular weight is 367 g/mol. The molecular weight excluding hydrogens is 332 g/mol. The quantitative estimate of drug-likeness (QED) is 0.469. The molecule has 146 valence electrons. The number of ether oxygens (including phenoxy) is 2. The molecule has 2 nitrogen and oxygen atoms in total. The molecule has 0 bridgehead atoms. The molecule has 0 unspecified atom stereocenters. The first-order chi connectivity index (χ1) is 12.6. The van der Waals surface area contributed by atoms with E-state index in [1.807, 2.05) is 26.0 Å². The Labute approximate surface area is 165 Å². The van der Waals surface area contributed by atoms with Crippen molar-refractivity contribution in [1.29, 1.82) is 0 Å². The van der Waals surface area contributed by atoms with E-state index >= 15 is 0 Å². The van der Waals surface area contributed by atoms with E-state index in [-0.39, 0.29) is 16.9 Å². The summed E-state index contributed by atoms with van der Waals surface area (Å²) in [6.07, 6.45) is 1.18. The van der Waals surface area contributed by atoms with Crippen molar-refractivity contribution in [3.63, 3.8) is 0 Å². The molecule has 0 fully saturated rings. The second-order valence-electron chi connectivity index (χ2n) is 8.60. The Kier molecular flexibility index (Phi) is 6.41. The van der Waals surface area contributed by atoms with Crippen LogP contribution in [-0.2, 0) is 15.6 Å². The number of hydrogen-bond acceptors (Lipinski definition) is 2. The van der Waals surface area contributed by atoms with Crippen LogP contribution < -0.4 is 4.74 Å². The zero-order chi connectivity index (χ0) is 20.2. The van der Waals surface area contributed by atoms with Crippen LogP contribution in [0.1, 0.15) is 71.6 Å². The van der Waals surface area contributed by atoms with E-state index in [9.17, 15) is 0 Å². The highest BCUT2D eigenvalue weighted by Gasteiger charge is 2.24. The van der Waals surface area contributed by atoms with Crippen molar-refractivity contribution in [3.8, 4) is 5.75 Å². The highest BCUT2D eigenvalue weighted by Crippen LogP contribution is 2.34. The Balaban J connectivity index is 2.17. The maximum absolute atomic E-state index is 5.65. The summed E-state index contributed by atoms with van der Waals surface area (Å²) in [5.41, 5.74) is 4.06. The third-order valence-corrected chi connectivity index (χ3v) is 5.45. The van der Waals surface area contributed by atoms with Crippen LogP contribution in [-0.4, -0.2) is 6.10 Å². The summed E-state index contributed by atoms with van der Waals surface area (Å²) in [5.74, 6) is 1.06. The molecule has 0 saturated heterocycles. The van der Waals surface area contributed by atoms with Gasteiger partial charge in [-0.05, 0) is 61.1 Å². The molecule has 0 radical (unpaired) electrons. The Morgan fingerprint density at radius 2 is 1.30 bits per heavy atom. The molecule has 0 aliphatic rings. The molecule has 0 heterocycles. The Morgan fingerprint density at radius 1 is 0.852 bits per heavy atom. The van der Waals surface area contributed by atoms with Crippen molar-refractivity contribution in [2.75, 3.05) is 0 Å². The van der Waals surface area contributed by atoms with Gasteiger partial charge in [-0.15, -0.1) is 0 Å². The molecular formula is C25H34O2. The molecule has 0 aliphatic carbocycles. The third-order valence-electron chi connectivity index (χ3n) is 5.45. The lowest BCUT2D eigenvalue weighted by atomic mass is 9.76. The third kappa shape index (κ3) is 5.15. The predicted octanol–water partition coefficient (Wildman–Crippen LogP) is 6.98. The second kappa shape index (κ2) is 8.21.